The molecule has 0 aromatic heterocycles. The normalized spacial score (nSPS) is 15.2. The first-order valence-electron chi connectivity index (χ1n) is 6.60. The number of carbonyl (C=O) groups excluding carboxylic acids is 2. The molecule has 112 valence electrons. The van der Waals surface area contributed by atoms with Crippen LogP contribution in [0.1, 0.15) is 46.9 Å². The highest BCUT2D eigenvalue weighted by Gasteiger charge is 2.38. The molecule has 1 aliphatic rings. The summed E-state index contributed by atoms with van der Waals surface area (Å²) in [4.78, 5) is 44.3. The second-order valence-electron chi connectivity index (χ2n) is 4.59. The van der Waals surface area contributed by atoms with Crippen molar-refractivity contribution in [2.45, 2.75) is 32.3 Å². The Kier molecular flexibility index (Phi) is 4.66. The third-order valence-electron chi connectivity index (χ3n) is 3.09. The Labute approximate surface area is 120 Å². The Hall–Kier alpha value is -2.25. The van der Waals surface area contributed by atoms with Crippen molar-refractivity contribution in [2.75, 3.05) is 0 Å². The van der Waals surface area contributed by atoms with Gasteiger partial charge in [-0.1, -0.05) is 36.9 Å². The minimum atomic E-state index is -1.23. The summed E-state index contributed by atoms with van der Waals surface area (Å²) >= 11 is 0. The second kappa shape index (κ2) is 6.47. The maximum Gasteiger partial charge on any atom is 0.336 e. The van der Waals surface area contributed by atoms with E-state index in [0.717, 1.165) is 6.42 Å². The second-order valence-corrected chi connectivity index (χ2v) is 4.59. The lowest BCUT2D eigenvalue weighted by Crippen LogP contribution is -2.34. The monoisotopic (exact) mass is 293 g/mol. The van der Waals surface area contributed by atoms with Crippen LogP contribution in [-0.4, -0.2) is 34.1 Å². The molecule has 21 heavy (non-hydrogen) atoms. The minimum Gasteiger partial charge on any atom is -0.479 e. The quantitative estimate of drug-likeness (QED) is 0.468. The fraction of sp³-hybridized carbons (Fsp3) is 0.357. The summed E-state index contributed by atoms with van der Waals surface area (Å²) in [5, 5.41) is 9.42. The lowest BCUT2D eigenvalue weighted by molar-refractivity contribution is -0.402. The van der Waals surface area contributed by atoms with Crippen molar-refractivity contribution >= 4 is 17.8 Å². The smallest absolute Gasteiger partial charge is 0.336 e. The van der Waals surface area contributed by atoms with Crippen LogP contribution >= 0.6 is 0 Å². The van der Waals surface area contributed by atoms with Crippen LogP contribution in [0.3, 0.4) is 0 Å². The maximum atomic E-state index is 12.0. The molecule has 0 bridgehead atoms. The van der Waals surface area contributed by atoms with E-state index in [1.54, 1.807) is 12.1 Å². The van der Waals surface area contributed by atoms with E-state index in [1.165, 1.54) is 12.1 Å². The topological polar surface area (TPSA) is 93.1 Å². The first kappa shape index (κ1) is 15.1. The van der Waals surface area contributed by atoms with Crippen molar-refractivity contribution in [2.24, 2.45) is 0 Å². The first-order valence-corrected chi connectivity index (χ1v) is 6.60. The molecule has 0 spiro atoms. The number of hydroxylamine groups is 2. The molecule has 0 aliphatic carbocycles. The highest BCUT2D eigenvalue weighted by Crippen LogP contribution is 2.23. The number of carboxylic acid groups (broad SMARTS) is 1. The summed E-state index contributed by atoms with van der Waals surface area (Å²) in [7, 11) is 0. The number of hydrogen-bond donors (Lipinski definition) is 1. The Morgan fingerprint density at radius 3 is 2.29 bits per heavy atom. The van der Waals surface area contributed by atoms with Gasteiger partial charge in [-0.2, -0.15) is 4.89 Å². The molecule has 0 saturated carbocycles. The number of benzene rings is 1. The molecule has 0 radical (unpaired) electrons. The van der Waals surface area contributed by atoms with Crippen LogP contribution < -0.4 is 0 Å². The Balaban J connectivity index is 2.03. The van der Waals surface area contributed by atoms with Gasteiger partial charge in [0.05, 0.1) is 11.1 Å². The molecule has 1 aliphatic heterocycles. The van der Waals surface area contributed by atoms with Crippen molar-refractivity contribution in [1.82, 2.24) is 5.06 Å². The first-order chi connectivity index (χ1) is 10.1. The van der Waals surface area contributed by atoms with Gasteiger partial charge in [0.2, 0.25) is 0 Å². The largest absolute Gasteiger partial charge is 0.479 e. The van der Waals surface area contributed by atoms with E-state index in [2.05, 4.69) is 4.99 Å². The molecule has 2 amide bonds. The van der Waals surface area contributed by atoms with Crippen LogP contribution in [-0.2, 0) is 14.7 Å². The van der Waals surface area contributed by atoms with Gasteiger partial charge in [0, 0.05) is 0 Å². The Morgan fingerprint density at radius 2 is 1.81 bits per heavy atom. The van der Waals surface area contributed by atoms with Gasteiger partial charge in [-0.3, -0.25) is 9.59 Å². The van der Waals surface area contributed by atoms with Gasteiger partial charge in [0.25, 0.3) is 11.8 Å². The standard InChI is InChI=1S/C14H15NO6/c1-2-3-8-11(14(18)19)20-21-15-12(16)9-6-4-5-7-10(9)13(15)17/h4-7,11H,2-3,8H2,1H3,(H,18,19)/t11-/m0/s1. The van der Waals surface area contributed by atoms with E-state index in [-0.39, 0.29) is 17.5 Å². The number of aliphatic carboxylic acids is 1. The zero-order valence-corrected chi connectivity index (χ0v) is 11.4. The summed E-state index contributed by atoms with van der Waals surface area (Å²) in [5.74, 6) is -2.55. The summed E-state index contributed by atoms with van der Waals surface area (Å²) in [6.07, 6.45) is 0.423. The molecule has 1 atom stereocenters. The number of fused-ring (bicyclic) bond motifs is 1. The molecule has 1 aromatic carbocycles. The summed E-state index contributed by atoms with van der Waals surface area (Å²) in [6.45, 7) is 1.91. The van der Waals surface area contributed by atoms with Crippen LogP contribution in [0.2, 0.25) is 0 Å². The van der Waals surface area contributed by atoms with E-state index < -0.39 is 23.9 Å². The van der Waals surface area contributed by atoms with Crippen molar-refractivity contribution in [3.63, 3.8) is 0 Å². The lowest BCUT2D eigenvalue weighted by atomic mass is 10.1. The van der Waals surface area contributed by atoms with Crippen LogP contribution in [0.5, 0.6) is 0 Å². The maximum absolute atomic E-state index is 12.0. The Morgan fingerprint density at radius 1 is 1.24 bits per heavy atom. The number of nitrogens with zero attached hydrogens (tertiary/aromatic N) is 1. The molecule has 7 heteroatoms. The SMILES string of the molecule is CCCC[C@H](OON1C(=O)c2ccccc2C1=O)C(=O)O. The molecule has 1 heterocycles. The number of imide groups is 1. The van der Waals surface area contributed by atoms with Crippen molar-refractivity contribution < 1.29 is 29.4 Å². The fourth-order valence-electron chi connectivity index (χ4n) is 1.93. The number of hydrogen-bond acceptors (Lipinski definition) is 5. The van der Waals surface area contributed by atoms with Crippen molar-refractivity contribution in [1.29, 1.82) is 0 Å². The highest BCUT2D eigenvalue weighted by molar-refractivity contribution is 6.20. The third-order valence-corrected chi connectivity index (χ3v) is 3.09. The fourth-order valence-corrected chi connectivity index (χ4v) is 1.93. The number of amides is 2. The van der Waals surface area contributed by atoms with E-state index >= 15 is 0 Å². The van der Waals surface area contributed by atoms with Gasteiger partial charge in [-0.05, 0) is 18.6 Å². The number of carboxylic acids is 1. The average molecular weight is 293 g/mol. The van der Waals surface area contributed by atoms with E-state index in [0.29, 0.717) is 11.5 Å². The van der Waals surface area contributed by atoms with E-state index in [4.69, 9.17) is 9.99 Å². The molecular weight excluding hydrogens is 278 g/mol. The summed E-state index contributed by atoms with van der Waals surface area (Å²) in [5.41, 5.74) is 0.401. The summed E-state index contributed by atoms with van der Waals surface area (Å²) in [6, 6.07) is 6.22. The van der Waals surface area contributed by atoms with Gasteiger partial charge < -0.3 is 5.11 Å². The molecular formula is C14H15NO6. The van der Waals surface area contributed by atoms with Gasteiger partial charge in [0.15, 0.2) is 6.10 Å². The number of carbonyl (C=O) groups is 3. The molecule has 2 rings (SSSR count). The molecule has 1 aromatic rings. The predicted octanol–water partition coefficient (Wildman–Crippen LogP) is 1.79. The lowest BCUT2D eigenvalue weighted by Gasteiger charge is -2.15. The van der Waals surface area contributed by atoms with Crippen LogP contribution in [0, 0.1) is 0 Å². The zero-order chi connectivity index (χ0) is 15.4. The molecule has 0 unspecified atom stereocenters. The van der Waals surface area contributed by atoms with Crippen LogP contribution in [0.25, 0.3) is 0 Å². The number of rotatable bonds is 7. The number of unbranched alkanes of at least 4 members (excludes halogenated alkanes) is 1. The summed E-state index contributed by atoms with van der Waals surface area (Å²) < 4.78 is 0. The predicted molar refractivity (Wildman–Crippen MR) is 70.1 cm³/mol. The van der Waals surface area contributed by atoms with Crippen molar-refractivity contribution in [3.05, 3.63) is 35.4 Å². The molecule has 0 fully saturated rings. The van der Waals surface area contributed by atoms with Gasteiger partial charge in [-0.15, -0.1) is 5.06 Å². The average Bonchev–Trinajstić information content (AvgIpc) is 2.72. The highest BCUT2D eigenvalue weighted by atomic mass is 17.3. The Bertz CT molecular complexity index is 535. The minimum absolute atomic E-state index is 0.200. The van der Waals surface area contributed by atoms with Crippen LogP contribution in [0.4, 0.5) is 0 Å². The molecule has 0 saturated heterocycles. The van der Waals surface area contributed by atoms with E-state index in [9.17, 15) is 14.4 Å². The zero-order valence-electron chi connectivity index (χ0n) is 11.4. The van der Waals surface area contributed by atoms with E-state index in [1.807, 2.05) is 6.92 Å². The van der Waals surface area contributed by atoms with Crippen LogP contribution in [0.15, 0.2) is 24.3 Å². The molecule has 7 nitrogen and oxygen atoms in total. The van der Waals surface area contributed by atoms with Crippen molar-refractivity contribution in [3.8, 4) is 0 Å². The molecule has 1 N–H and O–H groups in total. The third kappa shape index (κ3) is 3.09. The van der Waals surface area contributed by atoms with Gasteiger partial charge >= 0.3 is 5.97 Å². The van der Waals surface area contributed by atoms with Gasteiger partial charge in [0.1, 0.15) is 0 Å². The van der Waals surface area contributed by atoms with Gasteiger partial charge in [-0.25, -0.2) is 4.79 Å².